The van der Waals surface area contributed by atoms with Gasteiger partial charge in [0.1, 0.15) is 11.6 Å². The van der Waals surface area contributed by atoms with Crippen LogP contribution >= 0.6 is 0 Å². The quantitative estimate of drug-likeness (QED) is 0.874. The van der Waals surface area contributed by atoms with Gasteiger partial charge in [0.25, 0.3) is 0 Å². The Kier molecular flexibility index (Phi) is 4.70. The van der Waals surface area contributed by atoms with E-state index in [1.807, 2.05) is 6.92 Å². The largest absolute Gasteiger partial charge is 0.377 e. The minimum atomic E-state index is -0.260. The average molecular weight is 293 g/mol. The number of hydrogen-bond donors (Lipinski definition) is 1. The number of pyridine rings is 1. The van der Waals surface area contributed by atoms with Crippen LogP contribution in [-0.4, -0.2) is 36.8 Å². The van der Waals surface area contributed by atoms with Crippen molar-refractivity contribution in [2.45, 2.75) is 51.3 Å². The van der Waals surface area contributed by atoms with Gasteiger partial charge in [-0.05, 0) is 38.7 Å². The number of aromatic nitrogens is 1. The minimum Gasteiger partial charge on any atom is -0.377 e. The highest BCUT2D eigenvalue weighted by molar-refractivity contribution is 5.47. The van der Waals surface area contributed by atoms with E-state index >= 15 is 0 Å². The SMILES string of the molecule is CCOC1CCCN(c2ncc(F)cc2CNC2CC2)C1. The molecular formula is C16H24FN3O. The number of hydrogen-bond acceptors (Lipinski definition) is 4. The Bertz CT molecular complexity index is 477. The summed E-state index contributed by atoms with van der Waals surface area (Å²) in [6.07, 6.45) is 6.24. The maximum Gasteiger partial charge on any atom is 0.141 e. The number of ether oxygens (including phenoxy) is 1. The fraction of sp³-hybridized carbons (Fsp3) is 0.688. The van der Waals surface area contributed by atoms with Crippen LogP contribution in [-0.2, 0) is 11.3 Å². The van der Waals surface area contributed by atoms with Crippen molar-refractivity contribution in [2.24, 2.45) is 0 Å². The van der Waals surface area contributed by atoms with Crippen molar-refractivity contribution >= 4 is 5.82 Å². The first-order valence-electron chi connectivity index (χ1n) is 8.00. The zero-order valence-corrected chi connectivity index (χ0v) is 12.6. The van der Waals surface area contributed by atoms with Gasteiger partial charge in [0.2, 0.25) is 0 Å². The molecule has 3 rings (SSSR count). The molecule has 0 aromatic carbocycles. The highest BCUT2D eigenvalue weighted by Crippen LogP contribution is 2.25. The minimum absolute atomic E-state index is 0.260. The van der Waals surface area contributed by atoms with Gasteiger partial charge in [0, 0.05) is 37.8 Å². The van der Waals surface area contributed by atoms with E-state index in [2.05, 4.69) is 15.2 Å². The van der Waals surface area contributed by atoms with Crippen LogP contribution in [0.3, 0.4) is 0 Å². The molecule has 2 heterocycles. The van der Waals surface area contributed by atoms with E-state index < -0.39 is 0 Å². The molecule has 1 aromatic rings. The van der Waals surface area contributed by atoms with Crippen LogP contribution < -0.4 is 10.2 Å². The first-order chi connectivity index (χ1) is 10.3. The van der Waals surface area contributed by atoms with Gasteiger partial charge < -0.3 is 15.0 Å². The van der Waals surface area contributed by atoms with Crippen LogP contribution in [0.5, 0.6) is 0 Å². The first kappa shape index (κ1) is 14.7. The predicted molar refractivity (Wildman–Crippen MR) is 80.9 cm³/mol. The van der Waals surface area contributed by atoms with E-state index in [0.717, 1.165) is 43.9 Å². The molecule has 1 atom stereocenters. The van der Waals surface area contributed by atoms with E-state index in [-0.39, 0.29) is 11.9 Å². The predicted octanol–water partition coefficient (Wildman–Crippen LogP) is 2.48. The Morgan fingerprint density at radius 1 is 1.43 bits per heavy atom. The molecule has 1 unspecified atom stereocenters. The van der Waals surface area contributed by atoms with Crippen molar-refractivity contribution in [3.8, 4) is 0 Å². The molecule has 21 heavy (non-hydrogen) atoms. The normalized spacial score (nSPS) is 22.6. The third kappa shape index (κ3) is 3.92. The van der Waals surface area contributed by atoms with Gasteiger partial charge in [-0.2, -0.15) is 0 Å². The van der Waals surface area contributed by atoms with Gasteiger partial charge in [-0.1, -0.05) is 0 Å². The van der Waals surface area contributed by atoms with Crippen molar-refractivity contribution in [3.63, 3.8) is 0 Å². The molecule has 1 N–H and O–H groups in total. The van der Waals surface area contributed by atoms with Crippen LogP contribution in [0.1, 0.15) is 38.2 Å². The van der Waals surface area contributed by atoms with Gasteiger partial charge in [-0.25, -0.2) is 9.37 Å². The van der Waals surface area contributed by atoms with Gasteiger partial charge in [0.15, 0.2) is 0 Å². The summed E-state index contributed by atoms with van der Waals surface area (Å²) in [5.41, 5.74) is 0.957. The molecule has 2 fully saturated rings. The summed E-state index contributed by atoms with van der Waals surface area (Å²) in [4.78, 5) is 6.59. The van der Waals surface area contributed by atoms with Crippen LogP contribution in [0.2, 0.25) is 0 Å². The second-order valence-electron chi connectivity index (χ2n) is 5.96. The standard InChI is InChI=1S/C16H24FN3O/c1-2-21-15-4-3-7-20(11-15)16-12(8-13(17)10-19-16)9-18-14-5-6-14/h8,10,14-15,18H,2-7,9,11H2,1H3. The second-order valence-corrected chi connectivity index (χ2v) is 5.96. The summed E-state index contributed by atoms with van der Waals surface area (Å²) in [7, 11) is 0. The smallest absolute Gasteiger partial charge is 0.141 e. The van der Waals surface area contributed by atoms with Crippen LogP contribution in [0, 0.1) is 5.82 Å². The number of anilines is 1. The highest BCUT2D eigenvalue weighted by Gasteiger charge is 2.25. The highest BCUT2D eigenvalue weighted by atomic mass is 19.1. The zero-order valence-electron chi connectivity index (χ0n) is 12.6. The number of rotatable bonds is 6. The van der Waals surface area contributed by atoms with E-state index in [1.165, 1.54) is 19.0 Å². The Morgan fingerprint density at radius 3 is 3.05 bits per heavy atom. The molecule has 1 aromatic heterocycles. The maximum absolute atomic E-state index is 13.5. The lowest BCUT2D eigenvalue weighted by Gasteiger charge is -2.34. The molecule has 4 nitrogen and oxygen atoms in total. The van der Waals surface area contributed by atoms with E-state index in [0.29, 0.717) is 12.6 Å². The lowest BCUT2D eigenvalue weighted by molar-refractivity contribution is 0.0525. The molecule has 0 amide bonds. The second kappa shape index (κ2) is 6.71. The third-order valence-electron chi connectivity index (χ3n) is 4.15. The molecule has 1 aliphatic carbocycles. The first-order valence-corrected chi connectivity index (χ1v) is 8.00. The Labute approximate surface area is 125 Å². The molecule has 2 aliphatic rings. The summed E-state index contributed by atoms with van der Waals surface area (Å²) in [5, 5.41) is 3.45. The van der Waals surface area contributed by atoms with Gasteiger partial charge >= 0.3 is 0 Å². The fourth-order valence-electron chi connectivity index (χ4n) is 2.93. The molecule has 1 aliphatic heterocycles. The molecule has 5 heteroatoms. The monoisotopic (exact) mass is 293 g/mol. The average Bonchev–Trinajstić information content (AvgIpc) is 3.30. The van der Waals surface area contributed by atoms with Gasteiger partial charge in [-0.3, -0.25) is 0 Å². The van der Waals surface area contributed by atoms with Crippen LogP contribution in [0.25, 0.3) is 0 Å². The van der Waals surface area contributed by atoms with Crippen molar-refractivity contribution in [1.82, 2.24) is 10.3 Å². The number of nitrogens with one attached hydrogen (secondary N) is 1. The van der Waals surface area contributed by atoms with Crippen molar-refractivity contribution in [1.29, 1.82) is 0 Å². The van der Waals surface area contributed by atoms with Crippen molar-refractivity contribution in [2.75, 3.05) is 24.6 Å². The summed E-state index contributed by atoms with van der Waals surface area (Å²) in [6, 6.07) is 2.22. The molecular weight excluding hydrogens is 269 g/mol. The number of nitrogens with zero attached hydrogens (tertiary/aromatic N) is 2. The Morgan fingerprint density at radius 2 is 2.29 bits per heavy atom. The van der Waals surface area contributed by atoms with Crippen LogP contribution in [0.4, 0.5) is 10.2 Å². The fourth-order valence-corrected chi connectivity index (χ4v) is 2.93. The lowest BCUT2D eigenvalue weighted by Crippen LogP contribution is -2.41. The van der Waals surface area contributed by atoms with E-state index in [9.17, 15) is 4.39 Å². The summed E-state index contributed by atoms with van der Waals surface area (Å²) < 4.78 is 19.3. The molecule has 116 valence electrons. The molecule has 1 saturated carbocycles. The van der Waals surface area contributed by atoms with Crippen molar-refractivity contribution in [3.05, 3.63) is 23.6 Å². The van der Waals surface area contributed by atoms with Crippen molar-refractivity contribution < 1.29 is 9.13 Å². The molecule has 0 radical (unpaired) electrons. The van der Waals surface area contributed by atoms with E-state index in [4.69, 9.17) is 4.74 Å². The van der Waals surface area contributed by atoms with E-state index in [1.54, 1.807) is 6.07 Å². The molecule has 0 spiro atoms. The third-order valence-corrected chi connectivity index (χ3v) is 4.15. The Hall–Kier alpha value is -1.20. The summed E-state index contributed by atoms with van der Waals surface area (Å²) in [6.45, 7) is 5.29. The maximum atomic E-state index is 13.5. The Balaban J connectivity index is 1.72. The topological polar surface area (TPSA) is 37.4 Å². The molecule has 1 saturated heterocycles. The van der Waals surface area contributed by atoms with Gasteiger partial charge in [-0.15, -0.1) is 0 Å². The number of halogens is 1. The van der Waals surface area contributed by atoms with Gasteiger partial charge in [0.05, 0.1) is 12.3 Å². The van der Waals surface area contributed by atoms with Crippen LogP contribution in [0.15, 0.2) is 12.3 Å². The summed E-state index contributed by atoms with van der Waals surface area (Å²) in [5.74, 6) is 0.652. The summed E-state index contributed by atoms with van der Waals surface area (Å²) >= 11 is 0. The zero-order chi connectivity index (χ0) is 14.7. The molecule has 0 bridgehead atoms. The number of piperidine rings is 1. The lowest BCUT2D eigenvalue weighted by atomic mass is 10.1.